The zero-order valence-electron chi connectivity index (χ0n) is 9.02. The summed E-state index contributed by atoms with van der Waals surface area (Å²) in [6, 6.07) is 4.80. The van der Waals surface area contributed by atoms with Crippen LogP contribution in [0, 0.1) is 0 Å². The van der Waals surface area contributed by atoms with Crippen LogP contribution in [0.15, 0.2) is 23.0 Å². The summed E-state index contributed by atoms with van der Waals surface area (Å²) in [7, 11) is 1.51. The Bertz CT molecular complexity index is 633. The van der Waals surface area contributed by atoms with Crippen LogP contribution in [0.2, 0.25) is 10.2 Å². The molecule has 0 fully saturated rings. The summed E-state index contributed by atoms with van der Waals surface area (Å²) in [5, 5.41) is 0.138. The molecular formula is C10H6Cl2N2O3S. The van der Waals surface area contributed by atoms with Gasteiger partial charge in [-0.3, -0.25) is 4.79 Å². The highest BCUT2D eigenvalue weighted by Gasteiger charge is 2.12. The van der Waals surface area contributed by atoms with Crippen molar-refractivity contribution in [3.8, 4) is 17.4 Å². The number of aromatic nitrogens is 2. The standard InChI is InChI=1S/C10H6Cl2N2O3S/c1-16-5-2-3-6(11)7(4-5)17-10-8(15)9(12)13-18-14-10/h2-4H,1H3. The smallest absolute Gasteiger partial charge is 0.283 e. The molecule has 2 aromatic rings. The van der Waals surface area contributed by atoms with Crippen molar-refractivity contribution in [3.05, 3.63) is 38.6 Å². The zero-order chi connectivity index (χ0) is 13.1. The normalized spacial score (nSPS) is 10.2. The van der Waals surface area contributed by atoms with Crippen molar-refractivity contribution in [2.24, 2.45) is 0 Å². The van der Waals surface area contributed by atoms with Crippen LogP contribution in [0.5, 0.6) is 17.4 Å². The van der Waals surface area contributed by atoms with Crippen LogP contribution in [-0.4, -0.2) is 15.9 Å². The van der Waals surface area contributed by atoms with E-state index in [4.69, 9.17) is 32.7 Å². The number of methoxy groups -OCH3 is 1. The molecule has 0 unspecified atom stereocenters. The summed E-state index contributed by atoms with van der Waals surface area (Å²) in [5.74, 6) is 0.635. The summed E-state index contributed by atoms with van der Waals surface area (Å²) in [4.78, 5) is 11.6. The second-order valence-electron chi connectivity index (χ2n) is 3.09. The Morgan fingerprint density at radius 1 is 1.28 bits per heavy atom. The van der Waals surface area contributed by atoms with E-state index in [9.17, 15) is 4.79 Å². The maximum atomic E-state index is 11.6. The summed E-state index contributed by atoms with van der Waals surface area (Å²) >= 11 is 12.3. The van der Waals surface area contributed by atoms with E-state index in [-0.39, 0.29) is 16.8 Å². The first kappa shape index (κ1) is 13.1. The van der Waals surface area contributed by atoms with Crippen molar-refractivity contribution in [3.63, 3.8) is 0 Å². The van der Waals surface area contributed by atoms with Gasteiger partial charge < -0.3 is 9.47 Å². The lowest BCUT2D eigenvalue weighted by Crippen LogP contribution is -2.07. The first-order valence-corrected chi connectivity index (χ1v) is 6.14. The lowest BCUT2D eigenvalue weighted by molar-refractivity contribution is 0.407. The minimum absolute atomic E-state index is 0.171. The van der Waals surface area contributed by atoms with Gasteiger partial charge in [-0.15, -0.1) is 4.37 Å². The molecule has 0 spiro atoms. The van der Waals surface area contributed by atoms with E-state index in [0.717, 1.165) is 11.7 Å². The molecule has 0 aliphatic rings. The summed E-state index contributed by atoms with van der Waals surface area (Å²) in [6.07, 6.45) is 0. The van der Waals surface area contributed by atoms with Gasteiger partial charge in [0.15, 0.2) is 10.9 Å². The quantitative estimate of drug-likeness (QED) is 0.872. The van der Waals surface area contributed by atoms with Crippen molar-refractivity contribution in [2.45, 2.75) is 0 Å². The number of rotatable bonds is 3. The molecular weight excluding hydrogens is 299 g/mol. The fraction of sp³-hybridized carbons (Fsp3) is 0.100. The fourth-order valence-electron chi connectivity index (χ4n) is 1.12. The Kier molecular flexibility index (Phi) is 4.00. The largest absolute Gasteiger partial charge is 0.497 e. The zero-order valence-corrected chi connectivity index (χ0v) is 11.3. The van der Waals surface area contributed by atoms with Crippen LogP contribution >= 0.6 is 34.9 Å². The monoisotopic (exact) mass is 304 g/mol. The van der Waals surface area contributed by atoms with Crippen molar-refractivity contribution >= 4 is 34.9 Å². The molecule has 0 saturated heterocycles. The topological polar surface area (TPSA) is 61.3 Å². The van der Waals surface area contributed by atoms with E-state index >= 15 is 0 Å². The number of hydrogen-bond acceptors (Lipinski definition) is 6. The number of halogens is 2. The lowest BCUT2D eigenvalue weighted by Gasteiger charge is -2.07. The Hall–Kier alpha value is -1.37. The molecule has 0 aliphatic heterocycles. The summed E-state index contributed by atoms with van der Waals surface area (Å²) < 4.78 is 17.7. The summed E-state index contributed by atoms with van der Waals surface area (Å²) in [5.41, 5.74) is -0.589. The Labute approximate surface area is 116 Å². The Morgan fingerprint density at radius 3 is 2.78 bits per heavy atom. The van der Waals surface area contributed by atoms with Crippen molar-refractivity contribution < 1.29 is 9.47 Å². The SMILES string of the molecule is COc1ccc(Cl)c(Oc2nsnc(Cl)c2=O)c1. The van der Waals surface area contributed by atoms with Crippen LogP contribution in [-0.2, 0) is 0 Å². The minimum atomic E-state index is -0.589. The number of hydrogen-bond donors (Lipinski definition) is 0. The molecule has 0 radical (unpaired) electrons. The van der Waals surface area contributed by atoms with Gasteiger partial charge in [0.2, 0.25) is 0 Å². The Balaban J connectivity index is 2.39. The minimum Gasteiger partial charge on any atom is -0.497 e. The van der Waals surface area contributed by atoms with Gasteiger partial charge >= 0.3 is 0 Å². The molecule has 0 atom stereocenters. The van der Waals surface area contributed by atoms with Gasteiger partial charge in [-0.1, -0.05) is 23.2 Å². The highest BCUT2D eigenvalue weighted by atomic mass is 35.5. The second kappa shape index (κ2) is 5.51. The maximum absolute atomic E-state index is 11.6. The van der Waals surface area contributed by atoms with E-state index in [1.165, 1.54) is 7.11 Å². The molecule has 18 heavy (non-hydrogen) atoms. The van der Waals surface area contributed by atoms with Gasteiger partial charge in [-0.05, 0) is 12.1 Å². The Morgan fingerprint density at radius 2 is 2.06 bits per heavy atom. The lowest BCUT2D eigenvalue weighted by atomic mass is 10.3. The van der Waals surface area contributed by atoms with E-state index in [2.05, 4.69) is 8.75 Å². The van der Waals surface area contributed by atoms with Gasteiger partial charge in [0.05, 0.1) is 23.9 Å². The van der Waals surface area contributed by atoms with Crippen LogP contribution < -0.4 is 14.9 Å². The van der Waals surface area contributed by atoms with E-state index < -0.39 is 5.43 Å². The third kappa shape index (κ3) is 2.72. The molecule has 0 saturated carbocycles. The average Bonchev–Trinajstić information content (AvgIpc) is 2.37. The van der Waals surface area contributed by atoms with Crippen LogP contribution in [0.1, 0.15) is 0 Å². The molecule has 1 aromatic heterocycles. The first-order valence-electron chi connectivity index (χ1n) is 4.65. The summed E-state index contributed by atoms with van der Waals surface area (Å²) in [6.45, 7) is 0. The molecule has 5 nitrogen and oxygen atoms in total. The molecule has 0 bridgehead atoms. The molecule has 0 N–H and O–H groups in total. The van der Waals surface area contributed by atoms with Crippen molar-refractivity contribution in [1.82, 2.24) is 8.75 Å². The second-order valence-corrected chi connectivity index (χ2v) is 4.38. The van der Waals surface area contributed by atoms with E-state index in [1.54, 1.807) is 18.2 Å². The highest BCUT2D eigenvalue weighted by molar-refractivity contribution is 6.99. The van der Waals surface area contributed by atoms with Crippen LogP contribution in [0.25, 0.3) is 0 Å². The van der Waals surface area contributed by atoms with Crippen LogP contribution in [0.3, 0.4) is 0 Å². The van der Waals surface area contributed by atoms with Gasteiger partial charge in [0, 0.05) is 6.07 Å². The molecule has 1 heterocycles. The molecule has 1 aromatic carbocycles. The predicted octanol–water partition coefficient (Wildman–Crippen LogP) is 3.01. The van der Waals surface area contributed by atoms with Gasteiger partial charge in [0.1, 0.15) is 5.75 Å². The van der Waals surface area contributed by atoms with Gasteiger partial charge in [-0.2, -0.15) is 4.37 Å². The molecule has 8 heteroatoms. The van der Waals surface area contributed by atoms with Gasteiger partial charge in [-0.25, -0.2) is 0 Å². The molecule has 94 valence electrons. The van der Waals surface area contributed by atoms with E-state index in [1.807, 2.05) is 0 Å². The first-order chi connectivity index (χ1) is 8.61. The number of nitrogens with zero attached hydrogens (tertiary/aromatic N) is 2. The van der Waals surface area contributed by atoms with Crippen molar-refractivity contribution in [1.29, 1.82) is 0 Å². The van der Waals surface area contributed by atoms with Gasteiger partial charge in [0.25, 0.3) is 11.3 Å². The highest BCUT2D eigenvalue weighted by Crippen LogP contribution is 2.31. The number of ether oxygens (including phenoxy) is 2. The molecule has 0 aliphatic carbocycles. The third-order valence-corrected chi connectivity index (χ3v) is 3.15. The van der Waals surface area contributed by atoms with Crippen molar-refractivity contribution in [2.75, 3.05) is 7.11 Å². The van der Waals surface area contributed by atoms with Crippen LogP contribution in [0.4, 0.5) is 0 Å². The molecule has 2 rings (SSSR count). The number of benzene rings is 1. The third-order valence-electron chi connectivity index (χ3n) is 1.97. The predicted molar refractivity (Wildman–Crippen MR) is 69.3 cm³/mol. The maximum Gasteiger partial charge on any atom is 0.283 e. The molecule has 0 amide bonds. The average molecular weight is 305 g/mol. The van der Waals surface area contributed by atoms with E-state index in [0.29, 0.717) is 10.8 Å². The fourth-order valence-corrected chi connectivity index (χ4v) is 1.84.